The van der Waals surface area contributed by atoms with E-state index in [0.717, 1.165) is 11.3 Å². The molecule has 0 fully saturated rings. The summed E-state index contributed by atoms with van der Waals surface area (Å²) in [6, 6.07) is 9.01. The van der Waals surface area contributed by atoms with Crippen LogP contribution in [0.25, 0.3) is 0 Å². The van der Waals surface area contributed by atoms with E-state index in [2.05, 4.69) is 10.6 Å². The number of nitriles is 2. The minimum atomic E-state index is -0.0370. The standard InChI is InChI=1S/C16H18N4O/c1-11(2)6-16(21)20-14-5-4-12(3)15(7-14)19-10-13(8-17)9-18/h4-5,7,10-11,19H,6H2,1-3H3,(H,20,21). The molecule has 1 aromatic rings. The number of hydrogen-bond donors (Lipinski definition) is 2. The molecule has 0 spiro atoms. The molecule has 1 amide bonds. The van der Waals surface area contributed by atoms with Gasteiger partial charge < -0.3 is 10.6 Å². The van der Waals surface area contributed by atoms with Crippen molar-refractivity contribution in [2.45, 2.75) is 27.2 Å². The van der Waals surface area contributed by atoms with Crippen molar-refractivity contribution in [3.8, 4) is 12.1 Å². The average molecular weight is 282 g/mol. The lowest BCUT2D eigenvalue weighted by atomic mass is 10.1. The maximum Gasteiger partial charge on any atom is 0.224 e. The molecule has 0 aliphatic heterocycles. The van der Waals surface area contributed by atoms with Crippen LogP contribution in [0.15, 0.2) is 30.0 Å². The second-order valence-electron chi connectivity index (χ2n) is 5.10. The summed E-state index contributed by atoms with van der Waals surface area (Å²) >= 11 is 0. The molecule has 21 heavy (non-hydrogen) atoms. The Morgan fingerprint density at radius 3 is 2.57 bits per heavy atom. The quantitative estimate of drug-likeness (QED) is 0.811. The Labute approximate surface area is 124 Å². The number of anilines is 2. The predicted molar refractivity (Wildman–Crippen MR) is 82.2 cm³/mol. The first-order chi connectivity index (χ1) is 9.96. The Bertz CT molecular complexity index is 617. The molecule has 5 heteroatoms. The molecule has 0 aliphatic rings. The Hall–Kier alpha value is -2.79. The van der Waals surface area contributed by atoms with Crippen LogP contribution in [0.3, 0.4) is 0 Å². The first-order valence-corrected chi connectivity index (χ1v) is 6.63. The zero-order valence-electron chi connectivity index (χ0n) is 12.4. The van der Waals surface area contributed by atoms with Crippen molar-refractivity contribution < 1.29 is 4.79 Å². The highest BCUT2D eigenvalue weighted by Crippen LogP contribution is 2.21. The summed E-state index contributed by atoms with van der Waals surface area (Å²) in [7, 11) is 0. The van der Waals surface area contributed by atoms with E-state index in [-0.39, 0.29) is 11.5 Å². The van der Waals surface area contributed by atoms with Gasteiger partial charge in [-0.15, -0.1) is 0 Å². The minimum Gasteiger partial charge on any atom is -0.360 e. The molecule has 0 unspecified atom stereocenters. The van der Waals surface area contributed by atoms with Crippen molar-refractivity contribution >= 4 is 17.3 Å². The maximum absolute atomic E-state index is 11.7. The van der Waals surface area contributed by atoms with Crippen LogP contribution in [0.2, 0.25) is 0 Å². The average Bonchev–Trinajstić information content (AvgIpc) is 2.42. The van der Waals surface area contributed by atoms with E-state index >= 15 is 0 Å². The largest absolute Gasteiger partial charge is 0.360 e. The van der Waals surface area contributed by atoms with Gasteiger partial charge in [-0.3, -0.25) is 4.79 Å². The molecule has 5 nitrogen and oxygen atoms in total. The summed E-state index contributed by atoms with van der Waals surface area (Å²) in [4.78, 5) is 11.7. The first-order valence-electron chi connectivity index (χ1n) is 6.63. The number of rotatable bonds is 5. The van der Waals surface area contributed by atoms with Gasteiger partial charge in [0, 0.05) is 24.0 Å². The number of nitrogens with zero attached hydrogens (tertiary/aromatic N) is 2. The fraction of sp³-hybridized carbons (Fsp3) is 0.312. The van der Waals surface area contributed by atoms with Crippen LogP contribution in [0.5, 0.6) is 0 Å². The summed E-state index contributed by atoms with van der Waals surface area (Å²) in [6.07, 6.45) is 1.81. The SMILES string of the molecule is Cc1ccc(NC(=O)CC(C)C)cc1NC=C(C#N)C#N. The number of allylic oxidation sites excluding steroid dienone is 1. The molecule has 0 bridgehead atoms. The Morgan fingerprint density at radius 2 is 2.00 bits per heavy atom. The number of nitrogens with one attached hydrogen (secondary N) is 2. The third-order valence-electron chi connectivity index (χ3n) is 2.73. The Morgan fingerprint density at radius 1 is 1.33 bits per heavy atom. The summed E-state index contributed by atoms with van der Waals surface area (Å²) in [5, 5.41) is 23.1. The number of benzene rings is 1. The zero-order valence-corrected chi connectivity index (χ0v) is 12.4. The van der Waals surface area contributed by atoms with Crippen LogP contribution in [0, 0.1) is 35.5 Å². The smallest absolute Gasteiger partial charge is 0.224 e. The Balaban J connectivity index is 2.86. The van der Waals surface area contributed by atoms with Crippen molar-refractivity contribution in [2.24, 2.45) is 5.92 Å². The number of carbonyl (C=O) groups excluding carboxylic acids is 1. The summed E-state index contributed by atoms with van der Waals surface area (Å²) in [5.41, 5.74) is 2.35. The summed E-state index contributed by atoms with van der Waals surface area (Å²) < 4.78 is 0. The highest BCUT2D eigenvalue weighted by molar-refractivity contribution is 5.91. The van der Waals surface area contributed by atoms with Crippen molar-refractivity contribution in [1.82, 2.24) is 0 Å². The lowest BCUT2D eigenvalue weighted by Crippen LogP contribution is -2.14. The van der Waals surface area contributed by atoms with Gasteiger partial charge in [-0.1, -0.05) is 19.9 Å². The van der Waals surface area contributed by atoms with Crippen LogP contribution in [-0.4, -0.2) is 5.91 Å². The maximum atomic E-state index is 11.7. The zero-order chi connectivity index (χ0) is 15.8. The van der Waals surface area contributed by atoms with E-state index in [1.807, 2.05) is 32.9 Å². The molecule has 0 saturated carbocycles. The lowest BCUT2D eigenvalue weighted by Gasteiger charge is -2.11. The normalized spacial score (nSPS) is 9.43. The van der Waals surface area contributed by atoms with E-state index in [0.29, 0.717) is 18.0 Å². The van der Waals surface area contributed by atoms with E-state index < -0.39 is 0 Å². The van der Waals surface area contributed by atoms with Gasteiger partial charge >= 0.3 is 0 Å². The Kier molecular flexibility index (Phi) is 5.98. The molecule has 0 aromatic heterocycles. The molecule has 0 saturated heterocycles. The molecule has 0 radical (unpaired) electrons. The van der Waals surface area contributed by atoms with E-state index in [4.69, 9.17) is 10.5 Å². The van der Waals surface area contributed by atoms with Gasteiger partial charge in [-0.05, 0) is 30.5 Å². The van der Waals surface area contributed by atoms with Crippen molar-refractivity contribution in [2.75, 3.05) is 10.6 Å². The molecular formula is C16H18N4O. The monoisotopic (exact) mass is 282 g/mol. The highest BCUT2D eigenvalue weighted by Gasteiger charge is 2.06. The van der Waals surface area contributed by atoms with Gasteiger partial charge in [0.15, 0.2) is 0 Å². The first kappa shape index (κ1) is 16.3. The van der Waals surface area contributed by atoms with Crippen LogP contribution in [0.1, 0.15) is 25.8 Å². The molecule has 0 atom stereocenters. The van der Waals surface area contributed by atoms with Crippen molar-refractivity contribution in [3.63, 3.8) is 0 Å². The van der Waals surface area contributed by atoms with E-state index in [1.54, 1.807) is 18.2 Å². The second kappa shape index (κ2) is 7.72. The summed E-state index contributed by atoms with van der Waals surface area (Å²) in [6.45, 7) is 5.87. The molecule has 1 aromatic carbocycles. The van der Waals surface area contributed by atoms with Gasteiger partial charge in [0.1, 0.15) is 17.7 Å². The number of aryl methyl sites for hydroxylation is 1. The fourth-order valence-electron chi connectivity index (χ4n) is 1.68. The molecule has 2 N–H and O–H groups in total. The van der Waals surface area contributed by atoms with E-state index in [9.17, 15) is 4.79 Å². The number of hydrogen-bond acceptors (Lipinski definition) is 4. The van der Waals surface area contributed by atoms with Crippen LogP contribution in [-0.2, 0) is 4.79 Å². The van der Waals surface area contributed by atoms with Gasteiger partial charge in [-0.2, -0.15) is 10.5 Å². The van der Waals surface area contributed by atoms with Gasteiger partial charge in [0.2, 0.25) is 5.91 Å². The molecule has 1 rings (SSSR count). The van der Waals surface area contributed by atoms with Gasteiger partial charge in [0.05, 0.1) is 0 Å². The topological polar surface area (TPSA) is 88.7 Å². The van der Waals surface area contributed by atoms with Crippen LogP contribution < -0.4 is 10.6 Å². The third kappa shape index (κ3) is 5.38. The minimum absolute atomic E-state index is 0.0105. The van der Waals surface area contributed by atoms with Crippen molar-refractivity contribution in [3.05, 3.63) is 35.5 Å². The molecule has 0 heterocycles. The van der Waals surface area contributed by atoms with Crippen LogP contribution >= 0.6 is 0 Å². The summed E-state index contributed by atoms with van der Waals surface area (Å²) in [5.74, 6) is 0.259. The number of amides is 1. The van der Waals surface area contributed by atoms with Gasteiger partial charge in [-0.25, -0.2) is 0 Å². The molecule has 0 aliphatic carbocycles. The fourth-order valence-corrected chi connectivity index (χ4v) is 1.68. The number of carbonyl (C=O) groups is 1. The third-order valence-corrected chi connectivity index (χ3v) is 2.73. The highest BCUT2D eigenvalue weighted by atomic mass is 16.1. The van der Waals surface area contributed by atoms with Gasteiger partial charge in [0.25, 0.3) is 0 Å². The molecule has 108 valence electrons. The second-order valence-corrected chi connectivity index (χ2v) is 5.10. The lowest BCUT2D eigenvalue weighted by molar-refractivity contribution is -0.116. The van der Waals surface area contributed by atoms with Crippen LogP contribution in [0.4, 0.5) is 11.4 Å². The predicted octanol–water partition coefficient (Wildman–Crippen LogP) is 3.32. The van der Waals surface area contributed by atoms with Crippen molar-refractivity contribution in [1.29, 1.82) is 10.5 Å². The molecular weight excluding hydrogens is 264 g/mol. The van der Waals surface area contributed by atoms with E-state index in [1.165, 1.54) is 6.20 Å².